The van der Waals surface area contributed by atoms with Gasteiger partial charge in [-0.1, -0.05) is 25.5 Å². The number of carboxylic acids is 1. The van der Waals surface area contributed by atoms with Crippen LogP contribution in [-0.2, 0) is 14.8 Å². The van der Waals surface area contributed by atoms with Crippen molar-refractivity contribution in [1.29, 1.82) is 0 Å². The Kier molecular flexibility index (Phi) is 6.21. The van der Waals surface area contributed by atoms with Gasteiger partial charge in [-0.15, -0.1) is 0 Å². The lowest BCUT2D eigenvalue weighted by molar-refractivity contribution is -0.0187. The summed E-state index contributed by atoms with van der Waals surface area (Å²) in [5.74, 6) is -0.966. The van der Waals surface area contributed by atoms with Crippen LogP contribution in [0.25, 0.3) is 0 Å². The van der Waals surface area contributed by atoms with Crippen molar-refractivity contribution < 1.29 is 24.1 Å². The summed E-state index contributed by atoms with van der Waals surface area (Å²) < 4.78 is 18.0. The Bertz CT molecular complexity index is 625. The average Bonchev–Trinajstić information content (AvgIpc) is 2.55. The molecule has 1 aromatic carbocycles. The Morgan fingerprint density at radius 2 is 2.25 bits per heavy atom. The van der Waals surface area contributed by atoms with Crippen LogP contribution < -0.4 is 5.32 Å². The molecule has 1 fully saturated rings. The summed E-state index contributed by atoms with van der Waals surface area (Å²) in [6, 6.07) is 6.76. The molecule has 7 heteroatoms. The minimum Gasteiger partial charge on any atom is -0.478 e. The molecule has 0 amide bonds. The number of carbonyl (C=O) groups is 1. The maximum absolute atomic E-state index is 12.2. The number of benzene rings is 1. The van der Waals surface area contributed by atoms with Crippen molar-refractivity contribution >= 4 is 13.3 Å². The molecule has 2 rings (SSSR count). The average molecular weight is 355 g/mol. The second-order valence-electron chi connectivity index (χ2n) is 6.64. The summed E-state index contributed by atoms with van der Waals surface area (Å²) in [5.41, 5.74) is 0.557. The number of ether oxygens (including phenoxy) is 1. The van der Waals surface area contributed by atoms with Gasteiger partial charge >= 0.3 is 5.97 Å². The van der Waals surface area contributed by atoms with Crippen LogP contribution in [0.2, 0.25) is 0 Å². The van der Waals surface area contributed by atoms with Gasteiger partial charge in [0.2, 0.25) is 7.37 Å². The van der Waals surface area contributed by atoms with Crippen molar-refractivity contribution in [2.75, 3.05) is 25.5 Å². The van der Waals surface area contributed by atoms with Gasteiger partial charge in [-0.05, 0) is 31.0 Å². The van der Waals surface area contributed by atoms with E-state index in [1.165, 1.54) is 0 Å². The third kappa shape index (κ3) is 4.90. The first-order valence-corrected chi connectivity index (χ1v) is 10.3. The number of morpholine rings is 1. The summed E-state index contributed by atoms with van der Waals surface area (Å²) in [5, 5.41) is 12.5. The van der Waals surface area contributed by atoms with Crippen molar-refractivity contribution in [3.8, 4) is 0 Å². The highest BCUT2D eigenvalue weighted by Crippen LogP contribution is 2.43. The van der Waals surface area contributed by atoms with Gasteiger partial charge in [-0.3, -0.25) is 4.57 Å². The Hall–Kier alpha value is -1.20. The first kappa shape index (κ1) is 19.1. The Morgan fingerprint density at radius 3 is 2.83 bits per heavy atom. The van der Waals surface area contributed by atoms with Gasteiger partial charge in [0.25, 0.3) is 0 Å². The molecule has 1 unspecified atom stereocenters. The van der Waals surface area contributed by atoms with Crippen LogP contribution in [0.3, 0.4) is 0 Å². The van der Waals surface area contributed by atoms with Crippen LogP contribution in [0, 0.1) is 0 Å². The number of aromatic carboxylic acids is 1. The van der Waals surface area contributed by atoms with Crippen molar-refractivity contribution in [3.05, 3.63) is 35.4 Å². The molecule has 134 valence electrons. The summed E-state index contributed by atoms with van der Waals surface area (Å²) in [6.07, 6.45) is 1.83. The quantitative estimate of drug-likeness (QED) is 0.651. The first-order valence-electron chi connectivity index (χ1n) is 8.27. The minimum atomic E-state index is -3.15. The largest absolute Gasteiger partial charge is 0.478 e. The topological polar surface area (TPSA) is 95.9 Å². The van der Waals surface area contributed by atoms with Crippen LogP contribution in [0.4, 0.5) is 0 Å². The van der Waals surface area contributed by atoms with Crippen molar-refractivity contribution in [3.63, 3.8) is 0 Å². The summed E-state index contributed by atoms with van der Waals surface area (Å²) in [4.78, 5) is 21.1. The fourth-order valence-corrected chi connectivity index (χ4v) is 4.71. The van der Waals surface area contributed by atoms with Gasteiger partial charge in [-0.2, -0.15) is 0 Å². The zero-order chi connectivity index (χ0) is 17.8. The molecule has 3 N–H and O–H groups in total. The van der Waals surface area contributed by atoms with E-state index >= 15 is 0 Å². The van der Waals surface area contributed by atoms with Gasteiger partial charge < -0.3 is 20.1 Å². The highest BCUT2D eigenvalue weighted by molar-refractivity contribution is 7.58. The number of nitrogens with one attached hydrogen (secondary N) is 1. The lowest BCUT2D eigenvalue weighted by Gasteiger charge is -2.39. The molecule has 1 saturated heterocycles. The maximum atomic E-state index is 12.2. The summed E-state index contributed by atoms with van der Waals surface area (Å²) in [6.45, 7) is 4.73. The van der Waals surface area contributed by atoms with Gasteiger partial charge in [0.1, 0.15) is 0 Å². The normalized spacial score (nSPS) is 26.7. The smallest absolute Gasteiger partial charge is 0.335 e. The molecule has 0 radical (unpaired) electrons. The van der Waals surface area contributed by atoms with E-state index < -0.39 is 18.9 Å². The molecule has 0 aromatic heterocycles. The van der Waals surface area contributed by atoms with E-state index in [1.54, 1.807) is 18.2 Å². The van der Waals surface area contributed by atoms with Crippen LogP contribution in [-0.4, -0.2) is 47.5 Å². The van der Waals surface area contributed by atoms with E-state index in [1.807, 2.05) is 19.9 Å². The standard InChI is InChI=1S/C17H26NO5P/c1-3-4-8-24(21,22)11-15-10-18-17(2,12-23-15)14-7-5-6-13(9-14)16(19)20/h5-7,9,15,18H,3-4,8,10-12H2,1-2H3,(H,19,20)(H,21,22)/t15-,17+/m1/s1. The SMILES string of the molecule is CCCCP(=O)(O)C[C@H]1CN[C@](C)(c2cccc(C(=O)O)c2)CO1. The molecule has 0 aliphatic carbocycles. The summed E-state index contributed by atoms with van der Waals surface area (Å²) >= 11 is 0. The number of rotatable bonds is 7. The van der Waals surface area contributed by atoms with E-state index in [0.29, 0.717) is 19.3 Å². The Balaban J connectivity index is 1.99. The number of carboxylic acid groups (broad SMARTS) is 1. The van der Waals surface area contributed by atoms with Crippen LogP contribution >= 0.6 is 7.37 Å². The summed E-state index contributed by atoms with van der Waals surface area (Å²) in [7, 11) is -3.15. The fourth-order valence-electron chi connectivity index (χ4n) is 2.85. The van der Waals surface area contributed by atoms with E-state index in [0.717, 1.165) is 18.4 Å². The van der Waals surface area contributed by atoms with Crippen molar-refractivity contribution in [1.82, 2.24) is 5.32 Å². The second kappa shape index (κ2) is 7.79. The monoisotopic (exact) mass is 355 g/mol. The molecule has 1 aliphatic rings. The molecule has 0 saturated carbocycles. The zero-order valence-corrected chi connectivity index (χ0v) is 15.1. The van der Waals surface area contributed by atoms with Crippen LogP contribution in [0.5, 0.6) is 0 Å². The minimum absolute atomic E-state index is 0.158. The molecular weight excluding hydrogens is 329 g/mol. The zero-order valence-electron chi connectivity index (χ0n) is 14.2. The molecule has 3 atom stereocenters. The van der Waals surface area contributed by atoms with Crippen molar-refractivity contribution in [2.45, 2.75) is 38.3 Å². The molecule has 1 heterocycles. The maximum Gasteiger partial charge on any atom is 0.335 e. The molecule has 1 aromatic rings. The lowest BCUT2D eigenvalue weighted by atomic mass is 9.90. The third-order valence-electron chi connectivity index (χ3n) is 4.42. The highest BCUT2D eigenvalue weighted by Gasteiger charge is 2.35. The molecule has 24 heavy (non-hydrogen) atoms. The Morgan fingerprint density at radius 1 is 1.50 bits per heavy atom. The Labute approximate surface area is 142 Å². The molecular formula is C17H26NO5P. The fraction of sp³-hybridized carbons (Fsp3) is 0.588. The predicted molar refractivity (Wildman–Crippen MR) is 93.0 cm³/mol. The number of hydrogen-bond donors (Lipinski definition) is 3. The molecule has 6 nitrogen and oxygen atoms in total. The highest BCUT2D eigenvalue weighted by atomic mass is 31.2. The van der Waals surface area contributed by atoms with Gasteiger partial charge in [0.05, 0.1) is 30.0 Å². The molecule has 0 bridgehead atoms. The lowest BCUT2D eigenvalue weighted by Crippen LogP contribution is -2.54. The van der Waals surface area contributed by atoms with E-state index in [-0.39, 0.29) is 17.8 Å². The van der Waals surface area contributed by atoms with E-state index in [2.05, 4.69) is 5.32 Å². The van der Waals surface area contributed by atoms with Crippen LogP contribution in [0.15, 0.2) is 24.3 Å². The van der Waals surface area contributed by atoms with Gasteiger partial charge in [-0.25, -0.2) is 4.79 Å². The number of unbranched alkanes of at least 4 members (excludes halogenated alkanes) is 1. The van der Waals surface area contributed by atoms with E-state index in [9.17, 15) is 14.3 Å². The second-order valence-corrected chi connectivity index (χ2v) is 9.14. The number of hydrogen-bond acceptors (Lipinski definition) is 4. The first-order chi connectivity index (χ1) is 11.3. The van der Waals surface area contributed by atoms with Gasteiger partial charge in [0.15, 0.2) is 0 Å². The van der Waals surface area contributed by atoms with Gasteiger partial charge in [0, 0.05) is 12.7 Å². The molecule has 0 spiro atoms. The van der Waals surface area contributed by atoms with Crippen LogP contribution in [0.1, 0.15) is 42.6 Å². The van der Waals surface area contributed by atoms with E-state index in [4.69, 9.17) is 9.84 Å². The third-order valence-corrected chi connectivity index (χ3v) is 6.42. The predicted octanol–water partition coefficient (Wildman–Crippen LogP) is 2.66. The van der Waals surface area contributed by atoms with Crippen molar-refractivity contribution in [2.24, 2.45) is 0 Å². The molecule has 1 aliphatic heterocycles.